The van der Waals surface area contributed by atoms with Gasteiger partial charge in [0.05, 0.1) is 12.3 Å². The van der Waals surface area contributed by atoms with E-state index in [1.807, 2.05) is 0 Å². The van der Waals surface area contributed by atoms with E-state index in [-0.39, 0.29) is 12.5 Å². The minimum atomic E-state index is -0.570. The van der Waals surface area contributed by atoms with Crippen molar-refractivity contribution in [3.63, 3.8) is 0 Å². The molecule has 1 amide bonds. The van der Waals surface area contributed by atoms with Crippen molar-refractivity contribution in [2.24, 2.45) is 0 Å². The number of pyridine rings is 1. The number of rotatable bonds is 4. The normalized spacial score (nSPS) is 12.1. The van der Waals surface area contributed by atoms with Crippen molar-refractivity contribution < 1.29 is 9.90 Å². The van der Waals surface area contributed by atoms with Crippen LogP contribution in [-0.4, -0.2) is 38.8 Å². The summed E-state index contributed by atoms with van der Waals surface area (Å²) in [6.07, 6.45) is 4.48. The second-order valence-electron chi connectivity index (χ2n) is 3.98. The molecule has 18 heavy (non-hydrogen) atoms. The minimum Gasteiger partial charge on any atom is -0.392 e. The van der Waals surface area contributed by atoms with E-state index in [0.717, 1.165) is 11.1 Å². The second kappa shape index (κ2) is 5.42. The molecule has 0 unspecified atom stereocenters. The van der Waals surface area contributed by atoms with Crippen LogP contribution in [0.3, 0.4) is 0 Å². The molecule has 0 aliphatic heterocycles. The minimum absolute atomic E-state index is 0.212. The van der Waals surface area contributed by atoms with Crippen molar-refractivity contribution in [3.05, 3.63) is 36.4 Å². The first-order valence-corrected chi connectivity index (χ1v) is 5.58. The second-order valence-corrected chi connectivity index (χ2v) is 3.98. The Morgan fingerprint density at radius 2 is 2.28 bits per heavy atom. The smallest absolute Gasteiger partial charge is 0.269 e. The number of H-pyrrole nitrogens is 1. The van der Waals surface area contributed by atoms with Gasteiger partial charge in [0, 0.05) is 30.1 Å². The van der Waals surface area contributed by atoms with Crippen LogP contribution in [0.25, 0.3) is 11.1 Å². The van der Waals surface area contributed by atoms with E-state index < -0.39 is 6.10 Å². The van der Waals surface area contributed by atoms with Gasteiger partial charge in [0.1, 0.15) is 5.69 Å². The summed E-state index contributed by atoms with van der Waals surface area (Å²) in [7, 11) is 0. The molecule has 3 N–H and O–H groups in total. The molecular formula is C12H14N4O2. The van der Waals surface area contributed by atoms with Crippen molar-refractivity contribution in [3.8, 4) is 11.1 Å². The van der Waals surface area contributed by atoms with E-state index in [1.54, 1.807) is 37.6 Å². The predicted molar refractivity (Wildman–Crippen MR) is 65.8 cm³/mol. The molecule has 2 aromatic rings. The summed E-state index contributed by atoms with van der Waals surface area (Å²) in [5.74, 6) is -0.297. The molecule has 0 spiro atoms. The number of hydrogen-bond donors (Lipinski definition) is 3. The van der Waals surface area contributed by atoms with Crippen molar-refractivity contribution in [2.45, 2.75) is 13.0 Å². The van der Waals surface area contributed by atoms with E-state index in [2.05, 4.69) is 20.5 Å². The largest absolute Gasteiger partial charge is 0.392 e. The SMILES string of the molecule is C[C@@H](O)CNC(=O)c1ccc(-c2cn[nH]c2)cn1. The maximum atomic E-state index is 11.6. The zero-order chi connectivity index (χ0) is 13.0. The molecule has 0 radical (unpaired) electrons. The van der Waals surface area contributed by atoms with Gasteiger partial charge in [-0.15, -0.1) is 0 Å². The first-order valence-electron chi connectivity index (χ1n) is 5.58. The van der Waals surface area contributed by atoms with Crippen LogP contribution in [0.15, 0.2) is 30.7 Å². The molecule has 0 aliphatic carbocycles. The number of carbonyl (C=O) groups is 1. The Bertz CT molecular complexity index is 505. The Balaban J connectivity index is 2.06. The molecular weight excluding hydrogens is 232 g/mol. The molecule has 1 atom stereocenters. The molecule has 0 aromatic carbocycles. The standard InChI is InChI=1S/C12H14N4O2/c1-8(17)4-14-12(18)11-3-2-9(5-13-11)10-6-15-16-7-10/h2-3,5-8,17H,4H2,1H3,(H,14,18)(H,15,16)/t8-/m1/s1. The third-order valence-electron chi connectivity index (χ3n) is 2.39. The predicted octanol–water partition coefficient (Wildman–Crippen LogP) is 0.582. The van der Waals surface area contributed by atoms with Crippen LogP contribution in [0, 0.1) is 0 Å². The number of aliphatic hydroxyl groups excluding tert-OH is 1. The Hall–Kier alpha value is -2.21. The van der Waals surface area contributed by atoms with Crippen LogP contribution in [0.1, 0.15) is 17.4 Å². The van der Waals surface area contributed by atoms with Crippen LogP contribution in [-0.2, 0) is 0 Å². The average Bonchev–Trinajstić information content (AvgIpc) is 2.90. The Morgan fingerprint density at radius 3 is 2.83 bits per heavy atom. The summed E-state index contributed by atoms with van der Waals surface area (Å²) in [5, 5.41) is 18.2. The lowest BCUT2D eigenvalue weighted by Crippen LogP contribution is -2.31. The van der Waals surface area contributed by atoms with E-state index in [0.29, 0.717) is 5.69 Å². The zero-order valence-corrected chi connectivity index (χ0v) is 9.92. The highest BCUT2D eigenvalue weighted by molar-refractivity contribution is 5.92. The molecule has 6 heteroatoms. The maximum Gasteiger partial charge on any atom is 0.269 e. The van der Waals surface area contributed by atoms with E-state index >= 15 is 0 Å². The molecule has 2 rings (SSSR count). The lowest BCUT2D eigenvalue weighted by molar-refractivity contribution is 0.0919. The van der Waals surface area contributed by atoms with Gasteiger partial charge in [-0.25, -0.2) is 0 Å². The summed E-state index contributed by atoms with van der Waals surface area (Å²) >= 11 is 0. The number of aromatic amines is 1. The van der Waals surface area contributed by atoms with E-state index in [9.17, 15) is 4.79 Å². The van der Waals surface area contributed by atoms with Crippen molar-refractivity contribution in [1.29, 1.82) is 0 Å². The highest BCUT2D eigenvalue weighted by atomic mass is 16.3. The van der Waals surface area contributed by atoms with Gasteiger partial charge in [-0.3, -0.25) is 14.9 Å². The lowest BCUT2D eigenvalue weighted by atomic mass is 10.1. The summed E-state index contributed by atoms with van der Waals surface area (Å²) in [6, 6.07) is 3.44. The Labute approximate surface area is 104 Å². The molecule has 2 heterocycles. The zero-order valence-electron chi connectivity index (χ0n) is 9.92. The molecule has 0 saturated heterocycles. The third kappa shape index (κ3) is 2.92. The summed E-state index contributed by atoms with van der Waals surface area (Å²) in [5.41, 5.74) is 2.12. The Kier molecular flexibility index (Phi) is 3.69. The summed E-state index contributed by atoms with van der Waals surface area (Å²) in [4.78, 5) is 15.7. The monoisotopic (exact) mass is 246 g/mol. The van der Waals surface area contributed by atoms with Gasteiger partial charge in [0.25, 0.3) is 5.91 Å². The highest BCUT2D eigenvalue weighted by Gasteiger charge is 2.08. The van der Waals surface area contributed by atoms with Gasteiger partial charge in [-0.05, 0) is 13.0 Å². The van der Waals surface area contributed by atoms with Crippen LogP contribution >= 0.6 is 0 Å². The Morgan fingerprint density at radius 1 is 1.44 bits per heavy atom. The van der Waals surface area contributed by atoms with Crippen molar-refractivity contribution >= 4 is 5.91 Å². The van der Waals surface area contributed by atoms with Gasteiger partial charge in [-0.2, -0.15) is 5.10 Å². The average molecular weight is 246 g/mol. The third-order valence-corrected chi connectivity index (χ3v) is 2.39. The number of nitrogens with zero attached hydrogens (tertiary/aromatic N) is 2. The molecule has 2 aromatic heterocycles. The molecule has 0 bridgehead atoms. The van der Waals surface area contributed by atoms with Crippen LogP contribution in [0.4, 0.5) is 0 Å². The number of amides is 1. The van der Waals surface area contributed by atoms with Crippen molar-refractivity contribution in [1.82, 2.24) is 20.5 Å². The van der Waals surface area contributed by atoms with E-state index in [1.165, 1.54) is 0 Å². The van der Waals surface area contributed by atoms with Gasteiger partial charge in [0.2, 0.25) is 0 Å². The number of carbonyl (C=O) groups excluding carboxylic acids is 1. The fourth-order valence-electron chi connectivity index (χ4n) is 1.44. The first-order chi connectivity index (χ1) is 8.66. The van der Waals surface area contributed by atoms with Gasteiger partial charge in [0.15, 0.2) is 0 Å². The van der Waals surface area contributed by atoms with Gasteiger partial charge in [-0.1, -0.05) is 6.07 Å². The quantitative estimate of drug-likeness (QED) is 0.736. The number of hydrogen-bond acceptors (Lipinski definition) is 4. The number of aliphatic hydroxyl groups is 1. The van der Waals surface area contributed by atoms with E-state index in [4.69, 9.17) is 5.11 Å². The highest BCUT2D eigenvalue weighted by Crippen LogP contribution is 2.15. The van der Waals surface area contributed by atoms with Gasteiger partial charge < -0.3 is 10.4 Å². The molecule has 0 saturated carbocycles. The lowest BCUT2D eigenvalue weighted by Gasteiger charge is -2.06. The van der Waals surface area contributed by atoms with Crippen molar-refractivity contribution in [2.75, 3.05) is 6.54 Å². The summed E-state index contributed by atoms with van der Waals surface area (Å²) in [6.45, 7) is 1.82. The number of aromatic nitrogens is 3. The molecule has 0 aliphatic rings. The fraction of sp³-hybridized carbons (Fsp3) is 0.250. The van der Waals surface area contributed by atoms with Crippen LogP contribution in [0.2, 0.25) is 0 Å². The molecule has 94 valence electrons. The first kappa shape index (κ1) is 12.3. The van der Waals surface area contributed by atoms with Crippen LogP contribution < -0.4 is 5.32 Å². The molecule has 0 fully saturated rings. The maximum absolute atomic E-state index is 11.6. The summed E-state index contributed by atoms with van der Waals surface area (Å²) < 4.78 is 0. The topological polar surface area (TPSA) is 90.9 Å². The molecule has 6 nitrogen and oxygen atoms in total. The number of nitrogens with one attached hydrogen (secondary N) is 2. The van der Waals surface area contributed by atoms with Crippen LogP contribution in [0.5, 0.6) is 0 Å². The van der Waals surface area contributed by atoms with Gasteiger partial charge >= 0.3 is 0 Å². The fourth-order valence-corrected chi connectivity index (χ4v) is 1.44.